The second-order valence-corrected chi connectivity index (χ2v) is 7.27. The second kappa shape index (κ2) is 6.37. The van der Waals surface area contributed by atoms with Gasteiger partial charge in [-0.3, -0.25) is 4.79 Å². The summed E-state index contributed by atoms with van der Waals surface area (Å²) >= 11 is 1.60. The summed E-state index contributed by atoms with van der Waals surface area (Å²) < 4.78 is 6.98. The molecule has 24 heavy (non-hydrogen) atoms. The Morgan fingerprint density at radius 3 is 2.96 bits per heavy atom. The molecule has 4 rings (SSSR count). The predicted molar refractivity (Wildman–Crippen MR) is 94.5 cm³/mol. The lowest BCUT2D eigenvalue weighted by Gasteiger charge is -2.09. The van der Waals surface area contributed by atoms with Crippen LogP contribution in [0.25, 0.3) is 21.0 Å². The molecule has 5 nitrogen and oxygen atoms in total. The van der Waals surface area contributed by atoms with Crippen LogP contribution in [0.1, 0.15) is 25.0 Å². The molecule has 2 heterocycles. The summed E-state index contributed by atoms with van der Waals surface area (Å²) in [6.07, 6.45) is 2.59. The molecule has 0 radical (unpaired) electrons. The molecule has 3 N–H and O–H groups in total. The molecule has 0 aliphatic heterocycles. The summed E-state index contributed by atoms with van der Waals surface area (Å²) in [5, 5.41) is 3.80. The third-order valence-electron chi connectivity index (χ3n) is 4.45. The smallest absolute Gasteiger partial charge is 0.223 e. The first-order valence-corrected chi connectivity index (χ1v) is 8.98. The Hall–Kier alpha value is -2.18. The van der Waals surface area contributed by atoms with Crippen molar-refractivity contribution in [3.8, 4) is 10.8 Å². The number of nitrogens with two attached hydrogens (primary N) is 1. The topological polar surface area (TPSA) is 81.2 Å². The van der Waals surface area contributed by atoms with Gasteiger partial charge in [0.25, 0.3) is 0 Å². The van der Waals surface area contributed by atoms with E-state index in [2.05, 4.69) is 10.3 Å². The molecule has 2 atom stereocenters. The van der Waals surface area contributed by atoms with E-state index in [1.807, 2.05) is 36.4 Å². The van der Waals surface area contributed by atoms with E-state index >= 15 is 0 Å². The minimum absolute atomic E-state index is 0.0405. The Labute approximate surface area is 143 Å². The van der Waals surface area contributed by atoms with Crippen molar-refractivity contribution in [3.63, 3.8) is 0 Å². The van der Waals surface area contributed by atoms with Gasteiger partial charge in [-0.2, -0.15) is 0 Å². The van der Waals surface area contributed by atoms with Crippen LogP contribution in [0.4, 0.5) is 0 Å². The molecule has 0 bridgehead atoms. The van der Waals surface area contributed by atoms with Gasteiger partial charge in [0.05, 0.1) is 16.8 Å². The minimum atomic E-state index is 0.0405. The molecule has 1 aliphatic carbocycles. The van der Waals surface area contributed by atoms with Crippen LogP contribution in [-0.4, -0.2) is 16.9 Å². The van der Waals surface area contributed by atoms with E-state index in [-0.39, 0.29) is 17.9 Å². The average molecular weight is 341 g/mol. The number of hydrogen-bond donors (Lipinski definition) is 2. The maximum absolute atomic E-state index is 12.1. The number of para-hydroxylation sites is 1. The Kier molecular flexibility index (Phi) is 4.08. The molecule has 2 aromatic heterocycles. The maximum Gasteiger partial charge on any atom is 0.223 e. The van der Waals surface area contributed by atoms with Gasteiger partial charge in [0.2, 0.25) is 5.91 Å². The van der Waals surface area contributed by atoms with Gasteiger partial charge in [0.15, 0.2) is 10.8 Å². The lowest BCUT2D eigenvalue weighted by Crippen LogP contribution is -2.29. The monoisotopic (exact) mass is 341 g/mol. The molecule has 124 valence electrons. The molecule has 0 spiro atoms. The lowest BCUT2D eigenvalue weighted by atomic mass is 10.1. The number of aromatic nitrogens is 1. The zero-order valence-corrected chi connectivity index (χ0v) is 14.0. The zero-order chi connectivity index (χ0) is 16.5. The van der Waals surface area contributed by atoms with Crippen LogP contribution in [0, 0.1) is 5.92 Å². The normalized spacial score (nSPS) is 20.5. The Bertz CT molecular complexity index is 837. The largest absolute Gasteiger partial charge is 0.457 e. The molecule has 1 aromatic carbocycles. The number of amides is 1. The summed E-state index contributed by atoms with van der Waals surface area (Å²) in [5.74, 6) is 1.59. The van der Waals surface area contributed by atoms with E-state index in [9.17, 15) is 4.79 Å². The Morgan fingerprint density at radius 1 is 1.29 bits per heavy atom. The number of carbonyl (C=O) groups is 1. The van der Waals surface area contributed by atoms with Crippen molar-refractivity contribution in [2.45, 2.75) is 31.8 Å². The molecule has 1 fully saturated rings. The molecule has 1 amide bonds. The van der Waals surface area contributed by atoms with Gasteiger partial charge in [-0.15, -0.1) is 11.3 Å². The van der Waals surface area contributed by atoms with Gasteiger partial charge in [0, 0.05) is 12.0 Å². The molecule has 2 unspecified atom stereocenters. The fourth-order valence-electron chi connectivity index (χ4n) is 3.14. The van der Waals surface area contributed by atoms with Crippen molar-refractivity contribution in [3.05, 3.63) is 42.2 Å². The molecule has 1 aliphatic rings. The molecule has 1 saturated carbocycles. The van der Waals surface area contributed by atoms with Gasteiger partial charge in [-0.05, 0) is 43.5 Å². The Morgan fingerprint density at radius 2 is 2.17 bits per heavy atom. The van der Waals surface area contributed by atoms with E-state index in [1.54, 1.807) is 11.3 Å². The van der Waals surface area contributed by atoms with E-state index < -0.39 is 0 Å². The first-order chi connectivity index (χ1) is 11.7. The number of furan rings is 1. The van der Waals surface area contributed by atoms with Gasteiger partial charge >= 0.3 is 0 Å². The minimum Gasteiger partial charge on any atom is -0.457 e. The van der Waals surface area contributed by atoms with Crippen LogP contribution in [0.5, 0.6) is 0 Å². The van der Waals surface area contributed by atoms with Crippen LogP contribution in [0.15, 0.2) is 40.8 Å². The fourth-order valence-corrected chi connectivity index (χ4v) is 4.07. The predicted octanol–water partition coefficient (Wildman–Crippen LogP) is 3.30. The SMILES string of the molecule is NC1CCC(C(=O)NCc2ccc(-c3nc4ccccc4s3)o2)C1. The number of nitrogens with zero attached hydrogens (tertiary/aromatic N) is 1. The second-order valence-electron chi connectivity index (χ2n) is 6.24. The highest BCUT2D eigenvalue weighted by atomic mass is 32.1. The molecule has 0 saturated heterocycles. The zero-order valence-electron chi connectivity index (χ0n) is 13.2. The molecule has 6 heteroatoms. The number of thiazole rings is 1. The molecular weight excluding hydrogens is 322 g/mol. The standard InChI is InChI=1S/C18H19N3O2S/c19-12-6-5-11(9-12)17(22)20-10-13-7-8-15(23-13)18-21-14-3-1-2-4-16(14)24-18/h1-4,7-8,11-12H,5-6,9-10,19H2,(H,20,22). The first kappa shape index (κ1) is 15.4. The lowest BCUT2D eigenvalue weighted by molar-refractivity contribution is -0.125. The van der Waals surface area contributed by atoms with Crippen molar-refractivity contribution < 1.29 is 9.21 Å². The van der Waals surface area contributed by atoms with Gasteiger partial charge in [-0.1, -0.05) is 12.1 Å². The fraction of sp³-hybridized carbons (Fsp3) is 0.333. The maximum atomic E-state index is 12.1. The summed E-state index contributed by atoms with van der Waals surface area (Å²) in [7, 11) is 0. The van der Waals surface area contributed by atoms with Crippen molar-refractivity contribution in [2.24, 2.45) is 11.7 Å². The first-order valence-electron chi connectivity index (χ1n) is 8.17. The summed E-state index contributed by atoms with van der Waals surface area (Å²) in [6, 6.07) is 12.0. The quantitative estimate of drug-likeness (QED) is 0.763. The van der Waals surface area contributed by atoms with Gasteiger partial charge in [0.1, 0.15) is 5.76 Å². The van der Waals surface area contributed by atoms with Crippen LogP contribution in [-0.2, 0) is 11.3 Å². The third kappa shape index (κ3) is 3.07. The summed E-state index contributed by atoms with van der Waals surface area (Å²) in [6.45, 7) is 0.398. The van der Waals surface area contributed by atoms with E-state index in [0.717, 1.165) is 46.0 Å². The highest BCUT2D eigenvalue weighted by Crippen LogP contribution is 2.31. The number of rotatable bonds is 4. The molecule has 3 aromatic rings. The van der Waals surface area contributed by atoms with E-state index in [4.69, 9.17) is 10.2 Å². The third-order valence-corrected chi connectivity index (χ3v) is 5.50. The summed E-state index contributed by atoms with van der Waals surface area (Å²) in [4.78, 5) is 16.7. The van der Waals surface area contributed by atoms with Crippen LogP contribution >= 0.6 is 11.3 Å². The van der Waals surface area contributed by atoms with Crippen molar-refractivity contribution in [2.75, 3.05) is 0 Å². The highest BCUT2D eigenvalue weighted by molar-refractivity contribution is 7.21. The number of hydrogen-bond acceptors (Lipinski definition) is 5. The van der Waals surface area contributed by atoms with Crippen LogP contribution < -0.4 is 11.1 Å². The molecular formula is C18H19N3O2S. The highest BCUT2D eigenvalue weighted by Gasteiger charge is 2.27. The number of nitrogens with one attached hydrogen (secondary N) is 1. The Balaban J connectivity index is 1.42. The van der Waals surface area contributed by atoms with Crippen molar-refractivity contribution in [1.82, 2.24) is 10.3 Å². The average Bonchev–Trinajstić information content (AvgIpc) is 3.31. The van der Waals surface area contributed by atoms with Crippen molar-refractivity contribution >= 4 is 27.5 Å². The summed E-state index contributed by atoms with van der Waals surface area (Å²) in [5.41, 5.74) is 6.84. The van der Waals surface area contributed by atoms with Crippen LogP contribution in [0.2, 0.25) is 0 Å². The number of carbonyl (C=O) groups excluding carboxylic acids is 1. The van der Waals surface area contributed by atoms with E-state index in [1.165, 1.54) is 0 Å². The van der Waals surface area contributed by atoms with Gasteiger partial charge in [-0.25, -0.2) is 4.98 Å². The van der Waals surface area contributed by atoms with Crippen LogP contribution in [0.3, 0.4) is 0 Å². The van der Waals surface area contributed by atoms with E-state index in [0.29, 0.717) is 6.54 Å². The van der Waals surface area contributed by atoms with Crippen molar-refractivity contribution in [1.29, 1.82) is 0 Å². The van der Waals surface area contributed by atoms with Gasteiger partial charge < -0.3 is 15.5 Å². The number of benzene rings is 1. The number of fused-ring (bicyclic) bond motifs is 1.